The topological polar surface area (TPSA) is 0 Å². The zero-order valence-corrected chi connectivity index (χ0v) is 10.4. The van der Waals surface area contributed by atoms with Gasteiger partial charge in [-0.3, -0.25) is 0 Å². The van der Waals surface area contributed by atoms with Crippen molar-refractivity contribution in [1.82, 2.24) is 0 Å². The maximum Gasteiger partial charge on any atom is 0.0194 e. The second-order valence-corrected chi connectivity index (χ2v) is 7.30. The lowest BCUT2D eigenvalue weighted by molar-refractivity contribution is 0.230. The van der Waals surface area contributed by atoms with Crippen LogP contribution in [0.25, 0.3) is 0 Å². The molecule has 0 heterocycles. The molecule has 0 aliphatic heterocycles. The minimum atomic E-state index is 0.536. The Bertz CT molecular complexity index is 132. The van der Waals surface area contributed by atoms with E-state index < -0.39 is 0 Å². The molecule has 0 atom stereocenters. The molecule has 0 aromatic carbocycles. The summed E-state index contributed by atoms with van der Waals surface area (Å²) < 4.78 is 0.570. The normalized spacial score (nSPS) is 45.8. The summed E-state index contributed by atoms with van der Waals surface area (Å²) in [5.41, 5.74) is 0.536. The maximum atomic E-state index is 4.40. The third-order valence-electron chi connectivity index (χ3n) is 2.88. The van der Waals surface area contributed by atoms with Crippen molar-refractivity contribution in [3.63, 3.8) is 0 Å². The number of halogens is 1. The van der Waals surface area contributed by atoms with Gasteiger partial charge in [-0.2, -0.15) is 12.6 Å². The van der Waals surface area contributed by atoms with Crippen LogP contribution in [0.2, 0.25) is 0 Å². The average Bonchev–Trinajstić information content (AvgIpc) is 1.97. The fourth-order valence-corrected chi connectivity index (χ4v) is 2.39. The standard InChI is InChI=1S/C9H17IS/c1-8(7-11)3-5-9(2,10)6-4-8/h11H,3-7H2,1-2H3. The van der Waals surface area contributed by atoms with E-state index in [1.165, 1.54) is 25.7 Å². The van der Waals surface area contributed by atoms with Gasteiger partial charge in [-0.15, -0.1) is 0 Å². The highest BCUT2D eigenvalue weighted by molar-refractivity contribution is 14.1. The molecule has 1 aliphatic rings. The second kappa shape index (κ2) is 3.44. The van der Waals surface area contributed by atoms with Crippen molar-refractivity contribution >= 4 is 35.2 Å². The Labute approximate surface area is 89.1 Å². The van der Waals surface area contributed by atoms with Gasteiger partial charge < -0.3 is 0 Å². The lowest BCUT2D eigenvalue weighted by Gasteiger charge is -2.39. The molecule has 0 unspecified atom stereocenters. The quantitative estimate of drug-likeness (QED) is 0.424. The summed E-state index contributed by atoms with van der Waals surface area (Å²) in [5.74, 6) is 1.06. The number of rotatable bonds is 1. The van der Waals surface area contributed by atoms with Gasteiger partial charge >= 0.3 is 0 Å². The molecule has 0 N–H and O–H groups in total. The molecular formula is C9H17IS. The van der Waals surface area contributed by atoms with E-state index in [0.717, 1.165) is 5.75 Å². The van der Waals surface area contributed by atoms with Gasteiger partial charge in [0.25, 0.3) is 0 Å². The summed E-state index contributed by atoms with van der Waals surface area (Å²) >= 11 is 7.00. The molecule has 2 heteroatoms. The van der Waals surface area contributed by atoms with Crippen LogP contribution in [0.4, 0.5) is 0 Å². The van der Waals surface area contributed by atoms with Crippen molar-refractivity contribution < 1.29 is 0 Å². The molecule has 1 aliphatic carbocycles. The van der Waals surface area contributed by atoms with E-state index in [1.54, 1.807) is 0 Å². The summed E-state index contributed by atoms with van der Waals surface area (Å²) in [7, 11) is 0. The van der Waals surface area contributed by atoms with Crippen LogP contribution in [0.5, 0.6) is 0 Å². The Kier molecular flexibility index (Phi) is 3.18. The molecule has 0 aromatic heterocycles. The molecular weight excluding hydrogens is 267 g/mol. The van der Waals surface area contributed by atoms with Crippen molar-refractivity contribution in [2.75, 3.05) is 5.75 Å². The van der Waals surface area contributed by atoms with Crippen molar-refractivity contribution in [2.45, 2.75) is 43.0 Å². The van der Waals surface area contributed by atoms with Gasteiger partial charge in [0.2, 0.25) is 0 Å². The largest absolute Gasteiger partial charge is 0.179 e. The molecule has 1 rings (SSSR count). The Morgan fingerprint density at radius 2 is 1.64 bits per heavy atom. The van der Waals surface area contributed by atoms with Crippen LogP contribution in [0, 0.1) is 5.41 Å². The summed E-state index contributed by atoms with van der Waals surface area (Å²) in [5, 5.41) is 0. The van der Waals surface area contributed by atoms with Crippen LogP contribution in [-0.4, -0.2) is 9.17 Å². The molecule has 1 fully saturated rings. The summed E-state index contributed by atoms with van der Waals surface area (Å²) in [6, 6.07) is 0. The van der Waals surface area contributed by atoms with E-state index in [0.29, 0.717) is 8.84 Å². The van der Waals surface area contributed by atoms with Crippen LogP contribution in [0.1, 0.15) is 39.5 Å². The van der Waals surface area contributed by atoms with Gasteiger partial charge in [0, 0.05) is 3.42 Å². The first-order valence-electron chi connectivity index (χ1n) is 4.27. The molecule has 0 nitrogen and oxygen atoms in total. The summed E-state index contributed by atoms with van der Waals surface area (Å²) in [6.07, 6.45) is 5.45. The number of hydrogen-bond acceptors (Lipinski definition) is 1. The van der Waals surface area contributed by atoms with Crippen molar-refractivity contribution in [3.05, 3.63) is 0 Å². The lowest BCUT2D eigenvalue weighted by atomic mass is 9.73. The van der Waals surface area contributed by atoms with E-state index in [-0.39, 0.29) is 0 Å². The average molecular weight is 284 g/mol. The number of hydrogen-bond donors (Lipinski definition) is 1. The molecule has 0 aromatic rings. The highest BCUT2D eigenvalue weighted by Crippen LogP contribution is 2.45. The first-order chi connectivity index (χ1) is 4.97. The lowest BCUT2D eigenvalue weighted by Crippen LogP contribution is -2.32. The highest BCUT2D eigenvalue weighted by atomic mass is 127. The van der Waals surface area contributed by atoms with Crippen molar-refractivity contribution in [2.24, 2.45) is 5.41 Å². The van der Waals surface area contributed by atoms with Gasteiger partial charge in [0.1, 0.15) is 0 Å². The molecule has 0 radical (unpaired) electrons. The summed E-state index contributed by atoms with van der Waals surface area (Å²) in [6.45, 7) is 4.73. The molecule has 0 bridgehead atoms. The fraction of sp³-hybridized carbons (Fsp3) is 1.00. The first kappa shape index (κ1) is 10.2. The number of thiol groups is 1. The zero-order chi connectivity index (χ0) is 8.54. The van der Waals surface area contributed by atoms with Gasteiger partial charge in [0.05, 0.1) is 0 Å². The molecule has 0 saturated heterocycles. The fourth-order valence-electron chi connectivity index (χ4n) is 1.53. The molecule has 0 spiro atoms. The van der Waals surface area contributed by atoms with Gasteiger partial charge in [-0.1, -0.05) is 36.4 Å². The Morgan fingerprint density at radius 3 is 2.00 bits per heavy atom. The maximum absolute atomic E-state index is 4.40. The first-order valence-corrected chi connectivity index (χ1v) is 5.98. The Morgan fingerprint density at radius 1 is 1.18 bits per heavy atom. The van der Waals surface area contributed by atoms with E-state index >= 15 is 0 Å². The van der Waals surface area contributed by atoms with Crippen LogP contribution in [0.3, 0.4) is 0 Å². The van der Waals surface area contributed by atoms with E-state index in [1.807, 2.05) is 0 Å². The van der Waals surface area contributed by atoms with E-state index in [4.69, 9.17) is 0 Å². The van der Waals surface area contributed by atoms with E-state index in [2.05, 4.69) is 49.1 Å². The minimum Gasteiger partial charge on any atom is -0.179 e. The predicted octanol–water partition coefficient (Wildman–Crippen LogP) is 3.69. The summed E-state index contributed by atoms with van der Waals surface area (Å²) in [4.78, 5) is 0. The van der Waals surface area contributed by atoms with Crippen LogP contribution in [-0.2, 0) is 0 Å². The molecule has 0 amide bonds. The smallest absolute Gasteiger partial charge is 0.0194 e. The van der Waals surface area contributed by atoms with Crippen LogP contribution in [0.15, 0.2) is 0 Å². The van der Waals surface area contributed by atoms with Crippen LogP contribution >= 0.6 is 35.2 Å². The highest BCUT2D eigenvalue weighted by Gasteiger charge is 2.34. The van der Waals surface area contributed by atoms with Gasteiger partial charge in [-0.05, 0) is 36.9 Å². The Balaban J connectivity index is 2.48. The molecule has 66 valence electrons. The van der Waals surface area contributed by atoms with E-state index in [9.17, 15) is 0 Å². The third kappa shape index (κ3) is 2.79. The number of alkyl halides is 1. The Hall–Kier alpha value is 1.08. The van der Waals surface area contributed by atoms with Crippen molar-refractivity contribution in [3.8, 4) is 0 Å². The van der Waals surface area contributed by atoms with Crippen molar-refractivity contribution in [1.29, 1.82) is 0 Å². The van der Waals surface area contributed by atoms with Crippen LogP contribution < -0.4 is 0 Å². The zero-order valence-electron chi connectivity index (χ0n) is 7.36. The predicted molar refractivity (Wildman–Crippen MR) is 62.9 cm³/mol. The monoisotopic (exact) mass is 284 g/mol. The van der Waals surface area contributed by atoms with Gasteiger partial charge in [-0.25, -0.2) is 0 Å². The van der Waals surface area contributed by atoms with Gasteiger partial charge in [0.15, 0.2) is 0 Å². The molecule has 1 saturated carbocycles. The minimum absolute atomic E-state index is 0.536. The molecule has 11 heavy (non-hydrogen) atoms. The SMILES string of the molecule is CC1(I)CCC(C)(CS)CC1. The second-order valence-electron chi connectivity index (χ2n) is 4.38. The third-order valence-corrected chi connectivity index (χ3v) is 4.72.